The van der Waals surface area contributed by atoms with Gasteiger partial charge in [0.25, 0.3) is 0 Å². The van der Waals surface area contributed by atoms with Crippen molar-refractivity contribution in [3.05, 3.63) is 231 Å². The molecule has 0 atom stereocenters. The first-order valence-corrected chi connectivity index (χ1v) is 41.2. The molecule has 15 heteroatoms. The number of nitrogens with two attached hydrogens (primary N) is 2. The predicted molar refractivity (Wildman–Crippen MR) is 471 cm³/mol. The zero-order valence-corrected chi connectivity index (χ0v) is 76.5. The molecule has 9 rings (SSSR count). The number of carbonyl (C=O) groups excluding carboxylic acids is 3. The molecular formula is C98H140IrN9O5-. The third-order valence-electron chi connectivity index (χ3n) is 23.7. The summed E-state index contributed by atoms with van der Waals surface area (Å²) >= 11 is 0. The van der Waals surface area contributed by atoms with Crippen LogP contribution in [0.5, 0.6) is 0 Å². The first-order valence-electron chi connectivity index (χ1n) is 41.2. The minimum Gasteiger partial charge on any atom is -0.481 e. The summed E-state index contributed by atoms with van der Waals surface area (Å²) in [5.74, 6) is 3.23. The van der Waals surface area contributed by atoms with Crippen LogP contribution in [0.3, 0.4) is 0 Å². The molecule has 0 aliphatic heterocycles. The second kappa shape index (κ2) is 44.4. The fourth-order valence-corrected chi connectivity index (χ4v) is 14.8. The maximum atomic E-state index is 12.2. The summed E-state index contributed by atoms with van der Waals surface area (Å²) in [6.07, 6.45) is 10.8. The van der Waals surface area contributed by atoms with Gasteiger partial charge in [0.05, 0.1) is 30.0 Å². The number of nitrogens with one attached hydrogen (secondary N) is 1. The smallest absolute Gasteiger partial charge is 0.309 e. The molecule has 0 unspecified atom stereocenters. The van der Waals surface area contributed by atoms with Crippen molar-refractivity contribution in [2.45, 2.75) is 291 Å². The number of aromatic nitrogens is 6. The van der Waals surface area contributed by atoms with E-state index in [4.69, 9.17) is 37.0 Å². The van der Waals surface area contributed by atoms with Gasteiger partial charge in [0.2, 0.25) is 5.91 Å². The SMILES string of the molecule is CCC(CC)(CC)C(=O)NCC(=O)c1ccccc1.CCC(CC)(CC)C(=O)O.CCC(CC)(CC)c1nnc(-c2[c-]cccc2)n1-c1c(C)cc(C(C)(C)C)cc1C.CCC(CC)(CC)c1nnc(-c2ccccc2)n1-c1c(C)cc(C(C)(C)C)cc1C.Cc1cc(C(C)(C)C)cc(C)c1N.NCC(=O)c1ccccc1.[Ir]. The number of nitrogens with zero attached hydrogens (tertiary/aromatic N) is 6. The number of benzene rings is 7. The summed E-state index contributed by atoms with van der Waals surface area (Å²) in [5, 5.41) is 30.7. The van der Waals surface area contributed by atoms with Gasteiger partial charge in [0.1, 0.15) is 11.6 Å². The average Bonchev–Trinajstić information content (AvgIpc) is 1.61. The summed E-state index contributed by atoms with van der Waals surface area (Å²) in [4.78, 5) is 45.8. The van der Waals surface area contributed by atoms with Crippen LogP contribution in [0, 0.1) is 58.4 Å². The van der Waals surface area contributed by atoms with E-state index >= 15 is 0 Å². The number of amides is 1. The number of aliphatic carboxylic acids is 1. The molecular weight excluding hydrogens is 1580 g/mol. The van der Waals surface area contributed by atoms with Crippen molar-refractivity contribution in [2.75, 3.05) is 18.8 Å². The Morgan fingerprint density at radius 1 is 0.416 bits per heavy atom. The van der Waals surface area contributed by atoms with E-state index in [0.29, 0.717) is 11.1 Å². The summed E-state index contributed by atoms with van der Waals surface area (Å²) in [6.45, 7) is 58.9. The molecule has 0 fully saturated rings. The molecule has 0 aliphatic carbocycles. The van der Waals surface area contributed by atoms with Gasteiger partial charge in [-0.1, -0.05) is 273 Å². The molecule has 2 heterocycles. The Kier molecular flexibility index (Phi) is 38.8. The van der Waals surface area contributed by atoms with Crippen LogP contribution in [-0.2, 0) is 56.8 Å². The minimum atomic E-state index is -0.653. The molecule has 0 bridgehead atoms. The van der Waals surface area contributed by atoms with Crippen molar-refractivity contribution in [1.82, 2.24) is 34.8 Å². The number of carbonyl (C=O) groups is 4. The van der Waals surface area contributed by atoms with Crippen molar-refractivity contribution in [1.29, 1.82) is 0 Å². The average molecular weight is 1720 g/mol. The van der Waals surface area contributed by atoms with Gasteiger partial charge in [-0.15, -0.1) is 51.2 Å². The first kappa shape index (κ1) is 98.7. The van der Waals surface area contributed by atoms with Crippen LogP contribution in [-0.4, -0.2) is 71.2 Å². The minimum absolute atomic E-state index is 0. The van der Waals surface area contributed by atoms with E-state index in [-0.39, 0.29) is 83.2 Å². The second-order valence-electron chi connectivity index (χ2n) is 33.3. The number of carboxylic acid groups (broad SMARTS) is 1. The van der Waals surface area contributed by atoms with Crippen molar-refractivity contribution >= 4 is 29.1 Å². The Labute approximate surface area is 695 Å². The quantitative estimate of drug-likeness (QED) is 0.0240. The number of hydrogen-bond acceptors (Lipinski definition) is 10. The summed E-state index contributed by atoms with van der Waals surface area (Å²) in [7, 11) is 0. The summed E-state index contributed by atoms with van der Waals surface area (Å²) in [5.41, 5.74) is 29.0. The van der Waals surface area contributed by atoms with E-state index < -0.39 is 11.4 Å². The van der Waals surface area contributed by atoms with Gasteiger partial charge in [-0.25, -0.2) is 0 Å². The normalized spacial score (nSPS) is 11.6. The van der Waals surface area contributed by atoms with Crippen LogP contribution in [0.4, 0.5) is 5.69 Å². The molecule has 0 aliphatic rings. The number of aryl methyl sites for hydroxylation is 6. The third kappa shape index (κ3) is 25.0. The summed E-state index contributed by atoms with van der Waals surface area (Å²) in [6, 6.07) is 53.7. The molecule has 14 nitrogen and oxygen atoms in total. The van der Waals surface area contributed by atoms with E-state index in [9.17, 15) is 19.2 Å². The molecule has 617 valence electrons. The molecule has 0 saturated heterocycles. The van der Waals surface area contributed by atoms with Gasteiger partial charge in [-0.05, 0) is 185 Å². The Balaban J connectivity index is 0.000000370. The molecule has 1 radical (unpaired) electrons. The molecule has 0 saturated carbocycles. The van der Waals surface area contributed by atoms with Crippen LogP contribution in [0.25, 0.3) is 34.2 Å². The van der Waals surface area contributed by atoms with Gasteiger partial charge in [-0.2, -0.15) is 5.10 Å². The van der Waals surface area contributed by atoms with Crippen LogP contribution in [0.1, 0.15) is 305 Å². The van der Waals surface area contributed by atoms with Crippen LogP contribution >= 0.6 is 0 Å². The van der Waals surface area contributed by atoms with Gasteiger partial charge >= 0.3 is 5.97 Å². The van der Waals surface area contributed by atoms with Crippen LogP contribution in [0.2, 0.25) is 0 Å². The fraction of sp³-hybridized carbons (Fsp3) is 0.490. The van der Waals surface area contributed by atoms with Crippen LogP contribution in [0.15, 0.2) is 152 Å². The van der Waals surface area contributed by atoms with E-state index in [1.807, 2.05) is 102 Å². The Hall–Kier alpha value is -8.49. The van der Waals surface area contributed by atoms with Gasteiger partial charge in [-0.3, -0.25) is 23.7 Å². The number of carboxylic acids is 1. The Morgan fingerprint density at radius 3 is 1.04 bits per heavy atom. The maximum Gasteiger partial charge on any atom is 0.309 e. The summed E-state index contributed by atoms with van der Waals surface area (Å²) < 4.78 is 4.67. The fourth-order valence-electron chi connectivity index (χ4n) is 14.8. The number of rotatable bonds is 25. The van der Waals surface area contributed by atoms with Crippen molar-refractivity contribution in [2.24, 2.45) is 16.6 Å². The number of anilines is 1. The molecule has 2 aromatic heterocycles. The van der Waals surface area contributed by atoms with Crippen molar-refractivity contribution in [3.8, 4) is 34.2 Å². The molecule has 0 spiro atoms. The van der Waals surface area contributed by atoms with E-state index in [1.165, 1.54) is 61.4 Å². The largest absolute Gasteiger partial charge is 0.481 e. The van der Waals surface area contributed by atoms with Gasteiger partial charge in [0.15, 0.2) is 17.4 Å². The standard InChI is InChI=1S/C27H37N3.C27H36N3.C16H23NO2.C12H19N.C8H9NO.C8H16O2.Ir/c2*1-9-27(10-2,11-3)25-29-28-24(21-15-13-12-14-16-21)30(25)23-19(4)17-22(18-20(23)5)26(6,7)8;1-4-16(5-2,6-3)15(19)17-12-14(18)13-10-8-7-9-11-13;1-8-6-10(12(3,4)5)7-9(2)11(8)13;9-6-8(10)7-4-2-1-3-5-7;1-4-8(5-2,6-3)7(9)10;/h12-18H,9-11H2,1-8H3;12-15,17-18H,9-11H2,1-8H3;7-11H,4-6,12H2,1-3H3,(H,17,19);6-7H,13H2,1-5H3;1-5H,6,9H2;4-6H2,1-3H3,(H,9,10);/q;-1;;;;;. The molecule has 113 heavy (non-hydrogen) atoms. The van der Waals surface area contributed by atoms with E-state index in [2.05, 4.69) is 233 Å². The predicted octanol–water partition coefficient (Wildman–Crippen LogP) is 23.9. The number of hydrogen-bond donors (Lipinski definition) is 4. The topological polar surface area (TPSA) is 214 Å². The Bertz CT molecular complexity index is 4160. The van der Waals surface area contributed by atoms with Crippen molar-refractivity contribution < 1.29 is 44.4 Å². The van der Waals surface area contributed by atoms with E-state index in [1.54, 1.807) is 24.3 Å². The Morgan fingerprint density at radius 2 is 0.735 bits per heavy atom. The molecule has 1 amide bonds. The zero-order chi connectivity index (χ0) is 84.3. The molecule has 7 aromatic carbocycles. The van der Waals surface area contributed by atoms with Crippen molar-refractivity contribution in [3.63, 3.8) is 0 Å². The van der Waals surface area contributed by atoms with Gasteiger partial charge < -0.3 is 26.5 Å². The second-order valence-corrected chi connectivity index (χ2v) is 33.3. The van der Waals surface area contributed by atoms with E-state index in [0.717, 1.165) is 117 Å². The first-order chi connectivity index (χ1) is 52.7. The number of nitrogen functional groups attached to an aromatic ring is 1. The van der Waals surface area contributed by atoms with Gasteiger partial charge in [0, 0.05) is 64.4 Å². The monoisotopic (exact) mass is 1720 g/mol. The number of Topliss-reactive ketones (excluding diaryl/α,β-unsaturated/α-hetero) is 2. The van der Waals surface area contributed by atoms with Crippen LogP contribution < -0.4 is 16.8 Å². The number of ketones is 2. The maximum absolute atomic E-state index is 12.2. The molecule has 6 N–H and O–H groups in total. The zero-order valence-electron chi connectivity index (χ0n) is 74.1. The molecule has 9 aromatic rings. The third-order valence-corrected chi connectivity index (χ3v) is 23.7.